The van der Waals surface area contributed by atoms with Crippen molar-refractivity contribution in [2.24, 2.45) is 5.73 Å². The van der Waals surface area contributed by atoms with E-state index in [0.29, 0.717) is 0 Å². The van der Waals surface area contributed by atoms with Gasteiger partial charge in [-0.2, -0.15) is 5.10 Å². The van der Waals surface area contributed by atoms with Gasteiger partial charge in [0, 0.05) is 23.9 Å². The third kappa shape index (κ3) is 2.20. The van der Waals surface area contributed by atoms with E-state index in [1.807, 2.05) is 30.9 Å². The lowest BCUT2D eigenvalue weighted by molar-refractivity contribution is 0.498. The SMILES string of the molecule is CCCn1cc(C(N)c2c(C)oc(C)c2C)cn1. The first-order valence-electron chi connectivity index (χ1n) is 6.39. The summed E-state index contributed by atoms with van der Waals surface area (Å²) >= 11 is 0. The smallest absolute Gasteiger partial charge is 0.106 e. The zero-order valence-electron chi connectivity index (χ0n) is 11.5. The van der Waals surface area contributed by atoms with Gasteiger partial charge in [-0.25, -0.2) is 0 Å². The van der Waals surface area contributed by atoms with Gasteiger partial charge in [0.15, 0.2) is 0 Å². The van der Waals surface area contributed by atoms with Crippen molar-refractivity contribution in [3.8, 4) is 0 Å². The van der Waals surface area contributed by atoms with Crippen molar-refractivity contribution < 1.29 is 4.42 Å². The molecule has 2 aromatic heterocycles. The molecule has 98 valence electrons. The van der Waals surface area contributed by atoms with Gasteiger partial charge in [-0.3, -0.25) is 4.68 Å². The summed E-state index contributed by atoms with van der Waals surface area (Å²) in [6.45, 7) is 9.05. The van der Waals surface area contributed by atoms with E-state index in [4.69, 9.17) is 10.2 Å². The Labute approximate surface area is 108 Å². The van der Waals surface area contributed by atoms with Crippen LogP contribution in [0, 0.1) is 20.8 Å². The first-order valence-corrected chi connectivity index (χ1v) is 6.39. The van der Waals surface area contributed by atoms with Crippen molar-refractivity contribution in [3.63, 3.8) is 0 Å². The van der Waals surface area contributed by atoms with E-state index in [1.54, 1.807) is 0 Å². The summed E-state index contributed by atoms with van der Waals surface area (Å²) in [4.78, 5) is 0. The van der Waals surface area contributed by atoms with Gasteiger partial charge in [-0.1, -0.05) is 6.92 Å². The average Bonchev–Trinajstić information content (AvgIpc) is 2.86. The number of aromatic nitrogens is 2. The number of nitrogens with two attached hydrogens (primary N) is 1. The molecule has 0 aliphatic carbocycles. The Morgan fingerprint density at radius 3 is 2.61 bits per heavy atom. The second-order valence-corrected chi connectivity index (χ2v) is 4.77. The largest absolute Gasteiger partial charge is 0.466 e. The first-order chi connectivity index (χ1) is 8.54. The molecular formula is C14H21N3O. The lowest BCUT2D eigenvalue weighted by atomic mass is 9.99. The fraction of sp³-hybridized carbons (Fsp3) is 0.500. The number of aryl methyl sites for hydroxylation is 3. The highest BCUT2D eigenvalue weighted by atomic mass is 16.3. The Kier molecular flexibility index (Phi) is 3.57. The van der Waals surface area contributed by atoms with Crippen molar-refractivity contribution in [2.45, 2.75) is 46.7 Å². The fourth-order valence-electron chi connectivity index (χ4n) is 2.33. The van der Waals surface area contributed by atoms with E-state index >= 15 is 0 Å². The van der Waals surface area contributed by atoms with Gasteiger partial charge in [-0.15, -0.1) is 0 Å². The molecule has 0 aliphatic rings. The molecule has 0 aromatic carbocycles. The highest BCUT2D eigenvalue weighted by molar-refractivity contribution is 5.39. The van der Waals surface area contributed by atoms with E-state index in [2.05, 4.69) is 18.9 Å². The van der Waals surface area contributed by atoms with Gasteiger partial charge in [0.2, 0.25) is 0 Å². The van der Waals surface area contributed by atoms with Gasteiger partial charge in [0.25, 0.3) is 0 Å². The molecule has 0 saturated heterocycles. The maximum atomic E-state index is 6.33. The summed E-state index contributed by atoms with van der Waals surface area (Å²) in [5, 5.41) is 4.32. The predicted octanol–water partition coefficient (Wildman–Crippen LogP) is 2.86. The molecule has 0 spiro atoms. The number of nitrogens with zero attached hydrogens (tertiary/aromatic N) is 2. The maximum Gasteiger partial charge on any atom is 0.106 e. The second kappa shape index (κ2) is 4.98. The maximum absolute atomic E-state index is 6.33. The van der Waals surface area contributed by atoms with E-state index in [-0.39, 0.29) is 6.04 Å². The molecule has 1 atom stereocenters. The van der Waals surface area contributed by atoms with Crippen LogP contribution in [0.15, 0.2) is 16.8 Å². The third-order valence-corrected chi connectivity index (χ3v) is 3.39. The third-order valence-electron chi connectivity index (χ3n) is 3.39. The van der Waals surface area contributed by atoms with E-state index < -0.39 is 0 Å². The van der Waals surface area contributed by atoms with Crippen molar-refractivity contribution >= 4 is 0 Å². The molecule has 18 heavy (non-hydrogen) atoms. The highest BCUT2D eigenvalue weighted by Gasteiger charge is 2.20. The van der Waals surface area contributed by atoms with Crippen LogP contribution >= 0.6 is 0 Å². The van der Waals surface area contributed by atoms with E-state index in [1.165, 1.54) is 0 Å². The quantitative estimate of drug-likeness (QED) is 0.903. The van der Waals surface area contributed by atoms with Crippen LogP contribution in [-0.2, 0) is 6.54 Å². The number of hydrogen-bond donors (Lipinski definition) is 1. The molecule has 0 bridgehead atoms. The number of hydrogen-bond acceptors (Lipinski definition) is 3. The van der Waals surface area contributed by atoms with Crippen molar-refractivity contribution in [3.05, 3.63) is 40.6 Å². The summed E-state index contributed by atoms with van der Waals surface area (Å²) in [6, 6.07) is -0.159. The molecule has 0 fully saturated rings. The molecule has 0 aliphatic heterocycles. The van der Waals surface area contributed by atoms with Crippen LogP contribution in [0.1, 0.15) is 47.6 Å². The molecular weight excluding hydrogens is 226 g/mol. The predicted molar refractivity (Wildman–Crippen MR) is 71.5 cm³/mol. The molecule has 2 rings (SSSR count). The zero-order valence-corrected chi connectivity index (χ0v) is 11.5. The Hall–Kier alpha value is -1.55. The summed E-state index contributed by atoms with van der Waals surface area (Å²) in [6.07, 6.45) is 4.94. The molecule has 4 nitrogen and oxygen atoms in total. The number of furan rings is 1. The van der Waals surface area contributed by atoms with Crippen molar-refractivity contribution in [2.75, 3.05) is 0 Å². The topological polar surface area (TPSA) is 57.0 Å². The summed E-state index contributed by atoms with van der Waals surface area (Å²) < 4.78 is 7.57. The molecule has 1 unspecified atom stereocenters. The Morgan fingerprint density at radius 1 is 1.33 bits per heavy atom. The highest BCUT2D eigenvalue weighted by Crippen LogP contribution is 2.29. The van der Waals surface area contributed by atoms with Crippen molar-refractivity contribution in [1.29, 1.82) is 0 Å². The van der Waals surface area contributed by atoms with Gasteiger partial charge < -0.3 is 10.2 Å². The van der Waals surface area contributed by atoms with E-state index in [0.717, 1.165) is 41.2 Å². The van der Waals surface area contributed by atoms with Crippen LogP contribution in [0.25, 0.3) is 0 Å². The number of rotatable bonds is 4. The minimum atomic E-state index is -0.159. The molecule has 2 aromatic rings. The second-order valence-electron chi connectivity index (χ2n) is 4.77. The molecule has 0 radical (unpaired) electrons. The summed E-state index contributed by atoms with van der Waals surface area (Å²) in [7, 11) is 0. The van der Waals surface area contributed by atoms with Crippen molar-refractivity contribution in [1.82, 2.24) is 9.78 Å². The zero-order chi connectivity index (χ0) is 13.3. The Balaban J connectivity index is 2.32. The molecule has 2 heterocycles. The van der Waals surface area contributed by atoms with Gasteiger partial charge in [-0.05, 0) is 32.8 Å². The van der Waals surface area contributed by atoms with Gasteiger partial charge in [0.05, 0.1) is 12.2 Å². The first kappa shape index (κ1) is 12.9. The normalized spacial score (nSPS) is 12.9. The molecule has 4 heteroatoms. The molecule has 2 N–H and O–H groups in total. The molecule has 0 saturated carbocycles. The van der Waals surface area contributed by atoms with Crippen LogP contribution in [0.4, 0.5) is 0 Å². The monoisotopic (exact) mass is 247 g/mol. The summed E-state index contributed by atoms with van der Waals surface area (Å²) in [5.41, 5.74) is 9.59. The van der Waals surface area contributed by atoms with Crippen LogP contribution in [0.2, 0.25) is 0 Å². The van der Waals surface area contributed by atoms with Gasteiger partial charge >= 0.3 is 0 Å². The molecule has 0 amide bonds. The average molecular weight is 247 g/mol. The minimum absolute atomic E-state index is 0.159. The summed E-state index contributed by atoms with van der Waals surface area (Å²) in [5.74, 6) is 1.85. The Bertz CT molecular complexity index is 539. The minimum Gasteiger partial charge on any atom is -0.466 e. The Morgan fingerprint density at radius 2 is 2.06 bits per heavy atom. The fourth-order valence-corrected chi connectivity index (χ4v) is 2.33. The van der Waals surface area contributed by atoms with Crippen LogP contribution in [0.3, 0.4) is 0 Å². The van der Waals surface area contributed by atoms with E-state index in [9.17, 15) is 0 Å². The van der Waals surface area contributed by atoms with Crippen LogP contribution in [-0.4, -0.2) is 9.78 Å². The lowest BCUT2D eigenvalue weighted by Crippen LogP contribution is -2.12. The van der Waals surface area contributed by atoms with Crippen LogP contribution < -0.4 is 5.73 Å². The van der Waals surface area contributed by atoms with Crippen LogP contribution in [0.5, 0.6) is 0 Å². The van der Waals surface area contributed by atoms with Gasteiger partial charge in [0.1, 0.15) is 11.5 Å². The lowest BCUT2D eigenvalue weighted by Gasteiger charge is -2.09. The standard InChI is InChI=1S/C14H21N3O/c1-5-6-17-8-12(7-16-17)14(15)13-9(2)10(3)18-11(13)4/h7-8,14H,5-6,15H2,1-4H3.